The van der Waals surface area contributed by atoms with Gasteiger partial charge in [-0.3, -0.25) is 4.98 Å². The Bertz CT molecular complexity index is 2180. The van der Waals surface area contributed by atoms with E-state index < -0.39 is 73.4 Å². The second-order valence-corrected chi connectivity index (χ2v) is 18.2. The summed E-state index contributed by atoms with van der Waals surface area (Å²) in [6.07, 6.45) is -1.87. The molecule has 0 saturated carbocycles. The number of para-hydroxylation sites is 1. The summed E-state index contributed by atoms with van der Waals surface area (Å²) in [5, 5.41) is 25.7. The van der Waals surface area contributed by atoms with E-state index in [9.17, 15) is 33.0 Å². The van der Waals surface area contributed by atoms with E-state index in [1.807, 2.05) is 18.7 Å². The van der Waals surface area contributed by atoms with Crippen molar-refractivity contribution in [3.05, 3.63) is 101 Å². The third-order valence-corrected chi connectivity index (χ3v) is 13.6. The number of halogens is 4. The fourth-order valence-corrected chi connectivity index (χ4v) is 9.55. The number of oxazole rings is 1. The van der Waals surface area contributed by atoms with Crippen molar-refractivity contribution in [3.63, 3.8) is 0 Å². The molecular weight excluding hydrogens is 842 g/mol. The molecule has 0 radical (unpaired) electrons. The Kier molecular flexibility index (Phi) is 12.7. The Labute approximate surface area is 344 Å². The minimum absolute atomic E-state index is 0.0269. The van der Waals surface area contributed by atoms with Crippen LogP contribution in [0.25, 0.3) is 22.3 Å². The van der Waals surface area contributed by atoms with E-state index in [-0.39, 0.29) is 39.1 Å². The number of nitrogens with zero attached hydrogens (tertiary/aromatic N) is 4. The van der Waals surface area contributed by atoms with Crippen LogP contribution in [0.1, 0.15) is 43.5 Å². The molecule has 1 fully saturated rings. The summed E-state index contributed by atoms with van der Waals surface area (Å²) in [5.41, 5.74) is 1.05. The molecule has 2 aliphatic heterocycles. The van der Waals surface area contributed by atoms with Crippen molar-refractivity contribution in [2.75, 3.05) is 32.8 Å². The van der Waals surface area contributed by atoms with Gasteiger partial charge in [0.1, 0.15) is 0 Å². The van der Waals surface area contributed by atoms with Crippen LogP contribution in [0, 0.1) is 5.92 Å². The van der Waals surface area contributed by atoms with E-state index >= 15 is 0 Å². The number of piperazine rings is 1. The van der Waals surface area contributed by atoms with Crippen LogP contribution in [0.3, 0.4) is 0 Å². The number of rotatable bonds is 14. The zero-order chi connectivity index (χ0) is 41.2. The van der Waals surface area contributed by atoms with E-state index in [1.165, 1.54) is 0 Å². The van der Waals surface area contributed by atoms with Gasteiger partial charge in [-0.25, -0.2) is 0 Å². The predicted molar refractivity (Wildman–Crippen MR) is 211 cm³/mol. The number of benzene rings is 2. The van der Waals surface area contributed by atoms with Crippen molar-refractivity contribution < 1.29 is 46.5 Å². The SMILES string of the molecule is CC(C)(c1ncc(-c2ccc(Cl)cc2)o1)N1CCN(C[C@@H](O)CC(Cc2cc3ccncc3o2)C(=O)N[C@H]2c3ccccc3OC[C@H]2O)[C@H](C(=O)[AsH]CC(F)(F)F)C1. The van der Waals surface area contributed by atoms with E-state index in [0.29, 0.717) is 45.9 Å². The molecule has 5 aromatic rings. The number of carbonyl (C=O) groups is 2. The molecule has 7 rings (SSSR count). The van der Waals surface area contributed by atoms with Crippen LogP contribution < -0.4 is 10.1 Å². The van der Waals surface area contributed by atoms with Gasteiger partial charge in [0.15, 0.2) is 0 Å². The van der Waals surface area contributed by atoms with Gasteiger partial charge in [0.05, 0.1) is 0 Å². The van der Waals surface area contributed by atoms with Crippen LogP contribution in [0.5, 0.6) is 5.75 Å². The molecule has 1 amide bonds. The number of amides is 1. The maximum atomic E-state index is 14.1. The molecule has 2 aromatic carbocycles. The summed E-state index contributed by atoms with van der Waals surface area (Å²) < 4.78 is 57.5. The second kappa shape index (κ2) is 17.5. The minimum atomic E-state index is -4.48. The first-order valence-electron chi connectivity index (χ1n) is 18.9. The predicted octanol–water partition coefficient (Wildman–Crippen LogP) is 5.52. The number of nitrogens with one attached hydrogen (secondary N) is 1. The fraction of sp³-hybridized carbons (Fsp3) is 0.415. The van der Waals surface area contributed by atoms with Crippen molar-refractivity contribution in [1.82, 2.24) is 25.1 Å². The number of hydrogen-bond acceptors (Lipinski definition) is 11. The standard InChI is InChI=1S/C41H44AsClF3N5O7/c1-40(2,39-48-19-35(58-39)24-7-9-27(43)10-8-24)51-14-13-50(31(21-51)37(54)42-23-41(44,45)46)20-28(52)15-26(17-29-16-25-11-12-47-18-34(25)57-29)38(55)49-36-30-5-3-4-6-33(30)56-22-32(36)53/h3-12,16,18-19,26,28,31-32,36,42,52-53H,13-15,17,20-23H2,1-2H3,(H,49,55)/t26?,28-,31-,32+,36-/m0/s1. The van der Waals surface area contributed by atoms with Gasteiger partial charge < -0.3 is 4.74 Å². The van der Waals surface area contributed by atoms with Gasteiger partial charge in [0.25, 0.3) is 0 Å². The summed E-state index contributed by atoms with van der Waals surface area (Å²) in [4.78, 5) is 40.2. The Balaban J connectivity index is 1.09. The second-order valence-electron chi connectivity index (χ2n) is 15.2. The topological polar surface area (TPSA) is 154 Å². The monoisotopic (exact) mass is 885 g/mol. The van der Waals surface area contributed by atoms with Crippen LogP contribution >= 0.6 is 11.6 Å². The van der Waals surface area contributed by atoms with Crippen molar-refractivity contribution in [2.45, 2.75) is 67.9 Å². The molecule has 6 atom stereocenters. The number of aliphatic hydroxyl groups excluding tert-OH is 2. The Morgan fingerprint density at radius 3 is 2.60 bits per heavy atom. The number of ether oxygens (including phenoxy) is 1. The van der Waals surface area contributed by atoms with Gasteiger partial charge in [0.2, 0.25) is 0 Å². The van der Waals surface area contributed by atoms with Gasteiger partial charge in [0, 0.05) is 6.20 Å². The molecule has 3 aromatic heterocycles. The molecule has 2 aliphatic rings. The van der Waals surface area contributed by atoms with Crippen LogP contribution in [-0.2, 0) is 21.5 Å². The number of hydrogen-bond donors (Lipinski definition) is 3. The molecular formula is C41H44AsClF3N5O7. The van der Waals surface area contributed by atoms with Gasteiger partial charge in [-0.2, -0.15) is 0 Å². The van der Waals surface area contributed by atoms with Crippen molar-refractivity contribution in [2.24, 2.45) is 5.92 Å². The molecule has 0 bridgehead atoms. The number of pyridine rings is 1. The van der Waals surface area contributed by atoms with Gasteiger partial charge in [-0.15, -0.1) is 0 Å². The Morgan fingerprint density at radius 1 is 1.07 bits per heavy atom. The summed E-state index contributed by atoms with van der Waals surface area (Å²) >= 11 is 3.95. The van der Waals surface area contributed by atoms with Crippen LogP contribution in [0.4, 0.5) is 13.2 Å². The third-order valence-electron chi connectivity index (χ3n) is 10.7. The zero-order valence-corrected chi connectivity index (χ0v) is 34.6. The average Bonchev–Trinajstić information content (AvgIpc) is 3.86. The zero-order valence-electron chi connectivity index (χ0n) is 31.8. The maximum absolute atomic E-state index is 14.1. The van der Waals surface area contributed by atoms with E-state index in [0.717, 1.165) is 10.9 Å². The summed E-state index contributed by atoms with van der Waals surface area (Å²) in [5.74, 6) is 0.596. The van der Waals surface area contributed by atoms with Crippen LogP contribution in [0.2, 0.25) is 10.2 Å². The number of furan rings is 1. The molecule has 17 heteroatoms. The summed E-state index contributed by atoms with van der Waals surface area (Å²) in [7, 11) is 0. The summed E-state index contributed by atoms with van der Waals surface area (Å²) in [6, 6.07) is 16.0. The van der Waals surface area contributed by atoms with Crippen molar-refractivity contribution in [3.8, 4) is 17.1 Å². The van der Waals surface area contributed by atoms with Gasteiger partial charge >= 0.3 is 300 Å². The number of aliphatic hydroxyl groups is 2. The molecule has 5 heterocycles. The number of β-amino-alcohol motifs (C(OH)–C–C–N with tert-alkyl or cyclic N) is 1. The molecule has 1 saturated heterocycles. The molecule has 3 N–H and O–H groups in total. The Morgan fingerprint density at radius 2 is 1.84 bits per heavy atom. The van der Waals surface area contributed by atoms with Crippen LogP contribution in [-0.4, -0.2) is 113 Å². The number of aromatic nitrogens is 2. The number of alkyl halides is 3. The third kappa shape index (κ3) is 9.78. The Hall–Kier alpha value is -4.24. The first-order chi connectivity index (χ1) is 27.6. The number of fused-ring (bicyclic) bond motifs is 2. The number of carbonyl (C=O) groups excluding carboxylic acids is 2. The van der Waals surface area contributed by atoms with E-state index in [4.69, 9.17) is 25.2 Å². The van der Waals surface area contributed by atoms with Gasteiger partial charge in [-0.1, -0.05) is 23.7 Å². The van der Waals surface area contributed by atoms with Crippen LogP contribution in [0.15, 0.2) is 88.1 Å². The quantitative estimate of drug-likeness (QED) is 0.121. The average molecular weight is 886 g/mol. The molecule has 0 aliphatic carbocycles. The van der Waals surface area contributed by atoms with E-state index in [2.05, 4.69) is 15.3 Å². The van der Waals surface area contributed by atoms with Crippen molar-refractivity contribution >= 4 is 48.8 Å². The normalized spacial score (nSPS) is 20.5. The molecule has 58 heavy (non-hydrogen) atoms. The van der Waals surface area contributed by atoms with Gasteiger partial charge in [-0.05, 0) is 6.07 Å². The van der Waals surface area contributed by atoms with Crippen molar-refractivity contribution in [1.29, 1.82) is 0 Å². The molecule has 12 nitrogen and oxygen atoms in total. The molecule has 0 spiro atoms. The molecule has 308 valence electrons. The first-order valence-corrected chi connectivity index (χ1v) is 21.8. The fourth-order valence-electron chi connectivity index (χ4n) is 7.57. The molecule has 2 unspecified atom stereocenters. The summed E-state index contributed by atoms with van der Waals surface area (Å²) in [6.45, 7) is 4.38. The van der Waals surface area contributed by atoms with E-state index in [1.54, 1.807) is 84.2 Å². The first kappa shape index (κ1) is 41.9.